The molecule has 6 nitrogen and oxygen atoms in total. The highest BCUT2D eigenvalue weighted by Crippen LogP contribution is 2.39. The number of likely N-dealkylation sites (tertiary alicyclic amines) is 2. The van der Waals surface area contributed by atoms with E-state index in [0.29, 0.717) is 19.4 Å². The van der Waals surface area contributed by atoms with Gasteiger partial charge in [-0.1, -0.05) is 0 Å². The van der Waals surface area contributed by atoms with Crippen molar-refractivity contribution in [2.24, 2.45) is 5.41 Å². The van der Waals surface area contributed by atoms with Gasteiger partial charge in [-0.05, 0) is 64.0 Å². The number of hydrogen-bond donors (Lipinski definition) is 0. The van der Waals surface area contributed by atoms with Crippen molar-refractivity contribution in [3.05, 3.63) is 30.1 Å². The van der Waals surface area contributed by atoms with Crippen LogP contribution in [0.1, 0.15) is 44.1 Å². The first-order valence-corrected chi connectivity index (χ1v) is 10.1. The van der Waals surface area contributed by atoms with E-state index < -0.39 is 0 Å². The molecule has 1 aromatic rings. The summed E-state index contributed by atoms with van der Waals surface area (Å²) in [5, 5.41) is 0. The first kappa shape index (κ1) is 19.8. The van der Waals surface area contributed by atoms with Crippen LogP contribution in [0.25, 0.3) is 0 Å². The van der Waals surface area contributed by atoms with Gasteiger partial charge in [0.05, 0.1) is 0 Å². The van der Waals surface area contributed by atoms with Crippen molar-refractivity contribution in [2.45, 2.75) is 45.1 Å². The first-order valence-electron chi connectivity index (χ1n) is 10.1. The van der Waals surface area contributed by atoms with Crippen molar-refractivity contribution in [3.63, 3.8) is 0 Å². The molecule has 0 aliphatic carbocycles. The van der Waals surface area contributed by atoms with Gasteiger partial charge in [0.25, 0.3) is 0 Å². The van der Waals surface area contributed by atoms with Crippen LogP contribution in [0.3, 0.4) is 0 Å². The number of rotatable bonds is 6. The lowest BCUT2D eigenvalue weighted by Crippen LogP contribution is -2.54. The Labute approximate surface area is 162 Å². The van der Waals surface area contributed by atoms with Crippen LogP contribution in [-0.2, 0) is 16.1 Å². The van der Waals surface area contributed by atoms with Crippen LogP contribution in [0.15, 0.2) is 24.5 Å². The molecule has 0 bridgehead atoms. The van der Waals surface area contributed by atoms with E-state index in [1.54, 1.807) is 12.4 Å². The zero-order valence-electron chi connectivity index (χ0n) is 16.7. The van der Waals surface area contributed by atoms with Gasteiger partial charge in [-0.3, -0.25) is 14.6 Å². The molecule has 0 N–H and O–H groups in total. The van der Waals surface area contributed by atoms with Crippen LogP contribution >= 0.6 is 0 Å². The van der Waals surface area contributed by atoms with E-state index in [2.05, 4.69) is 14.8 Å². The Morgan fingerprint density at radius 1 is 1.22 bits per heavy atom. The van der Waals surface area contributed by atoms with Crippen LogP contribution in [0.2, 0.25) is 0 Å². The fraction of sp³-hybridized carbons (Fsp3) is 0.667. The summed E-state index contributed by atoms with van der Waals surface area (Å²) < 4.78 is 0. The molecule has 1 spiro atoms. The molecule has 27 heavy (non-hydrogen) atoms. The van der Waals surface area contributed by atoms with E-state index in [0.717, 1.165) is 57.4 Å². The summed E-state index contributed by atoms with van der Waals surface area (Å²) in [4.78, 5) is 35.3. The second kappa shape index (κ2) is 8.83. The summed E-state index contributed by atoms with van der Waals surface area (Å²) in [6.07, 6.45) is 8.71. The number of hydrogen-bond acceptors (Lipinski definition) is 4. The molecule has 2 aliphatic rings. The van der Waals surface area contributed by atoms with Gasteiger partial charge in [0.2, 0.25) is 11.8 Å². The number of carbonyl (C=O) groups excluding carboxylic acids is 2. The van der Waals surface area contributed by atoms with Crippen LogP contribution in [0.5, 0.6) is 0 Å². The maximum Gasteiger partial charge on any atom is 0.222 e. The third-order valence-electron chi connectivity index (χ3n) is 5.88. The van der Waals surface area contributed by atoms with Gasteiger partial charge < -0.3 is 14.7 Å². The molecule has 0 radical (unpaired) electrons. The molecule has 1 atom stereocenters. The monoisotopic (exact) mass is 372 g/mol. The van der Waals surface area contributed by atoms with Crippen molar-refractivity contribution in [1.82, 2.24) is 19.7 Å². The number of carbonyl (C=O) groups is 2. The summed E-state index contributed by atoms with van der Waals surface area (Å²) >= 11 is 0. The van der Waals surface area contributed by atoms with Crippen LogP contribution in [0.4, 0.5) is 0 Å². The Kier molecular flexibility index (Phi) is 6.47. The van der Waals surface area contributed by atoms with Crippen LogP contribution < -0.4 is 0 Å². The van der Waals surface area contributed by atoms with Crippen molar-refractivity contribution in [2.75, 3.05) is 40.3 Å². The fourth-order valence-corrected chi connectivity index (χ4v) is 4.41. The number of nitrogens with zero attached hydrogens (tertiary/aromatic N) is 4. The lowest BCUT2D eigenvalue weighted by atomic mass is 9.73. The topological polar surface area (TPSA) is 56.8 Å². The lowest BCUT2D eigenvalue weighted by molar-refractivity contribution is -0.143. The standard InChI is InChI=1S/C21H32N4O2/c1-23(2)13-3-5-19(26)24-14-4-9-21(16-24)10-6-20(27)25(17-21)15-18-7-11-22-12-8-18/h7-8,11-12H,3-6,9-10,13-17H2,1-2H3. The third-order valence-corrected chi connectivity index (χ3v) is 5.88. The van der Waals surface area contributed by atoms with Gasteiger partial charge in [0.1, 0.15) is 0 Å². The summed E-state index contributed by atoms with van der Waals surface area (Å²) in [6, 6.07) is 3.94. The average Bonchev–Trinajstić information content (AvgIpc) is 2.65. The SMILES string of the molecule is CN(C)CCCC(=O)N1CCCC2(CCC(=O)N(Cc3ccncc3)C2)C1. The third kappa shape index (κ3) is 5.28. The van der Waals surface area contributed by atoms with E-state index >= 15 is 0 Å². The van der Waals surface area contributed by atoms with Crippen molar-refractivity contribution >= 4 is 11.8 Å². The van der Waals surface area contributed by atoms with E-state index in [-0.39, 0.29) is 17.2 Å². The van der Waals surface area contributed by atoms with Gasteiger partial charge in [-0.15, -0.1) is 0 Å². The predicted molar refractivity (Wildman–Crippen MR) is 105 cm³/mol. The lowest BCUT2D eigenvalue weighted by Gasteiger charge is -2.48. The van der Waals surface area contributed by atoms with Crippen molar-refractivity contribution in [1.29, 1.82) is 0 Å². The molecule has 0 saturated carbocycles. The number of aromatic nitrogens is 1. The molecule has 3 rings (SSSR count). The minimum Gasteiger partial charge on any atom is -0.342 e. The van der Waals surface area contributed by atoms with Gasteiger partial charge in [-0.2, -0.15) is 0 Å². The highest BCUT2D eigenvalue weighted by molar-refractivity contribution is 5.78. The summed E-state index contributed by atoms with van der Waals surface area (Å²) in [7, 11) is 4.08. The molecular weight excluding hydrogens is 340 g/mol. The number of amides is 2. The molecule has 0 aromatic carbocycles. The Balaban J connectivity index is 1.60. The second-order valence-corrected chi connectivity index (χ2v) is 8.43. The molecular formula is C21H32N4O2. The molecule has 2 amide bonds. The minimum absolute atomic E-state index is 0.0659. The maximum absolute atomic E-state index is 12.7. The summed E-state index contributed by atoms with van der Waals surface area (Å²) in [5.41, 5.74) is 1.18. The largest absolute Gasteiger partial charge is 0.342 e. The molecule has 2 fully saturated rings. The van der Waals surface area contributed by atoms with Crippen LogP contribution in [0, 0.1) is 5.41 Å². The fourth-order valence-electron chi connectivity index (χ4n) is 4.41. The molecule has 2 aliphatic heterocycles. The predicted octanol–water partition coefficient (Wildman–Crippen LogP) is 2.15. The van der Waals surface area contributed by atoms with Gasteiger partial charge in [-0.25, -0.2) is 0 Å². The van der Waals surface area contributed by atoms with E-state index in [4.69, 9.17) is 0 Å². The number of pyridine rings is 1. The Bertz CT molecular complexity index is 649. The summed E-state index contributed by atoms with van der Waals surface area (Å²) in [5.74, 6) is 0.500. The normalized spacial score (nSPS) is 23.3. The van der Waals surface area contributed by atoms with Gasteiger partial charge >= 0.3 is 0 Å². The van der Waals surface area contributed by atoms with Crippen molar-refractivity contribution in [3.8, 4) is 0 Å². The average molecular weight is 373 g/mol. The Morgan fingerprint density at radius 2 is 2.00 bits per heavy atom. The highest BCUT2D eigenvalue weighted by Gasteiger charge is 2.42. The Morgan fingerprint density at radius 3 is 2.74 bits per heavy atom. The molecule has 2 saturated heterocycles. The Hall–Kier alpha value is -1.95. The molecule has 148 valence electrons. The maximum atomic E-state index is 12.7. The van der Waals surface area contributed by atoms with Gasteiger partial charge in [0.15, 0.2) is 0 Å². The summed E-state index contributed by atoms with van der Waals surface area (Å²) in [6.45, 7) is 4.00. The van der Waals surface area contributed by atoms with Gasteiger partial charge in [0, 0.05) is 56.8 Å². The zero-order chi connectivity index (χ0) is 19.3. The smallest absolute Gasteiger partial charge is 0.222 e. The molecule has 1 unspecified atom stereocenters. The highest BCUT2D eigenvalue weighted by atomic mass is 16.2. The van der Waals surface area contributed by atoms with E-state index in [1.165, 1.54) is 0 Å². The zero-order valence-corrected chi connectivity index (χ0v) is 16.7. The first-order chi connectivity index (χ1) is 13.0. The second-order valence-electron chi connectivity index (χ2n) is 8.43. The van der Waals surface area contributed by atoms with E-state index in [1.807, 2.05) is 31.1 Å². The van der Waals surface area contributed by atoms with Crippen molar-refractivity contribution < 1.29 is 9.59 Å². The molecule has 6 heteroatoms. The minimum atomic E-state index is 0.0659. The number of piperidine rings is 2. The molecule has 3 heterocycles. The van der Waals surface area contributed by atoms with E-state index in [9.17, 15) is 9.59 Å². The van der Waals surface area contributed by atoms with Crippen LogP contribution in [-0.4, -0.2) is 71.8 Å². The molecule has 1 aromatic heterocycles. The quantitative estimate of drug-likeness (QED) is 0.768.